The van der Waals surface area contributed by atoms with Crippen LogP contribution in [0.25, 0.3) is 0 Å². The summed E-state index contributed by atoms with van der Waals surface area (Å²) < 4.78 is 14.3. The number of aldehydes is 1. The number of carbonyl (C=O) groups is 2. The lowest BCUT2D eigenvalue weighted by Gasteiger charge is -2.24. The van der Waals surface area contributed by atoms with E-state index >= 15 is 0 Å². The predicted octanol–water partition coefficient (Wildman–Crippen LogP) is 5.13. The highest BCUT2D eigenvalue weighted by molar-refractivity contribution is 6.06. The smallest absolute Gasteiger partial charge is 0.298 e. The van der Waals surface area contributed by atoms with Crippen LogP contribution in [0.5, 0.6) is 0 Å². The molecule has 1 saturated carbocycles. The first kappa shape index (κ1) is 17.7. The molecular weight excluding hydrogens is 343 g/mol. The average molecular weight is 366 g/mol. The second-order valence-corrected chi connectivity index (χ2v) is 7.34. The number of hydrogen-bond acceptors (Lipinski definition) is 2. The summed E-state index contributed by atoms with van der Waals surface area (Å²) in [5.74, 6) is 0.0200. The lowest BCUT2D eigenvalue weighted by atomic mass is 9.84. The van der Waals surface area contributed by atoms with Crippen molar-refractivity contribution in [3.8, 4) is 0 Å². The third-order valence-electron chi connectivity index (χ3n) is 5.67. The summed E-state index contributed by atoms with van der Waals surface area (Å²) >= 11 is 0. The van der Waals surface area contributed by atoms with Gasteiger partial charge in [-0.3, -0.25) is 14.6 Å². The van der Waals surface area contributed by atoms with Crippen LogP contribution < -0.4 is 9.80 Å². The van der Waals surface area contributed by atoms with E-state index in [4.69, 9.17) is 0 Å². The Labute approximate surface area is 158 Å². The molecular formula is C22H23FN2O2. The maximum absolute atomic E-state index is 14.3. The van der Waals surface area contributed by atoms with Crippen LogP contribution in [0.15, 0.2) is 42.5 Å². The zero-order chi connectivity index (χ0) is 18.8. The van der Waals surface area contributed by atoms with Crippen LogP contribution in [0.3, 0.4) is 0 Å². The third-order valence-corrected chi connectivity index (χ3v) is 5.67. The largest absolute Gasteiger partial charge is 0.329 e. The van der Waals surface area contributed by atoms with Crippen LogP contribution in [-0.2, 0) is 0 Å². The number of rotatable bonds is 4. The van der Waals surface area contributed by atoms with Crippen molar-refractivity contribution in [2.75, 3.05) is 22.9 Å². The number of carbonyl (C=O) groups excluding carboxylic acids is 2. The second-order valence-electron chi connectivity index (χ2n) is 7.34. The fourth-order valence-electron chi connectivity index (χ4n) is 4.20. The maximum atomic E-state index is 14.3. The predicted molar refractivity (Wildman–Crippen MR) is 104 cm³/mol. The summed E-state index contributed by atoms with van der Waals surface area (Å²) in [4.78, 5) is 26.9. The van der Waals surface area contributed by atoms with Gasteiger partial charge in [-0.15, -0.1) is 0 Å². The van der Waals surface area contributed by atoms with Crippen molar-refractivity contribution in [1.82, 2.24) is 0 Å². The molecule has 27 heavy (non-hydrogen) atoms. The van der Waals surface area contributed by atoms with Crippen LogP contribution >= 0.6 is 0 Å². The number of amides is 2. The van der Waals surface area contributed by atoms with Gasteiger partial charge in [-0.05, 0) is 54.7 Å². The molecule has 1 aliphatic heterocycles. The number of halogens is 1. The third kappa shape index (κ3) is 3.46. The summed E-state index contributed by atoms with van der Waals surface area (Å²) in [6.07, 6.45) is 6.85. The number of benzene rings is 2. The minimum atomic E-state index is -0.550. The molecule has 0 atom stereocenters. The van der Waals surface area contributed by atoms with Crippen LogP contribution in [0.4, 0.5) is 20.6 Å². The lowest BCUT2D eigenvalue weighted by Crippen LogP contribution is -2.32. The van der Waals surface area contributed by atoms with Crippen molar-refractivity contribution < 1.29 is 14.0 Å². The zero-order valence-corrected chi connectivity index (χ0v) is 15.2. The molecule has 0 spiro atoms. The topological polar surface area (TPSA) is 40.6 Å². The number of nitrogens with zero attached hydrogens (tertiary/aromatic N) is 2. The first-order valence-corrected chi connectivity index (χ1v) is 9.61. The van der Waals surface area contributed by atoms with Crippen molar-refractivity contribution in [2.45, 2.75) is 38.0 Å². The molecule has 4 rings (SSSR count). The molecule has 2 fully saturated rings. The Bertz CT molecular complexity index is 861. The van der Waals surface area contributed by atoms with Crippen molar-refractivity contribution >= 4 is 23.7 Å². The molecule has 5 heteroatoms. The molecule has 2 amide bonds. The van der Waals surface area contributed by atoms with E-state index in [2.05, 4.69) is 12.1 Å². The SMILES string of the molecule is O=Cc1ccc(N2CCN(c3cccc(C4CCCCC4)c3)C2=O)c(F)c1. The minimum absolute atomic E-state index is 0.219. The lowest BCUT2D eigenvalue weighted by molar-refractivity contribution is 0.112. The monoisotopic (exact) mass is 366 g/mol. The van der Waals surface area contributed by atoms with Gasteiger partial charge in [0.1, 0.15) is 12.1 Å². The van der Waals surface area contributed by atoms with Crippen LogP contribution in [0, 0.1) is 5.82 Å². The van der Waals surface area contributed by atoms with E-state index in [1.807, 2.05) is 12.1 Å². The van der Waals surface area contributed by atoms with E-state index < -0.39 is 5.82 Å². The Morgan fingerprint density at radius 2 is 1.74 bits per heavy atom. The fraction of sp³-hybridized carbons (Fsp3) is 0.364. The highest BCUT2D eigenvalue weighted by atomic mass is 19.1. The van der Waals surface area contributed by atoms with Crippen molar-refractivity contribution in [3.05, 3.63) is 59.4 Å². The number of urea groups is 1. The molecule has 0 radical (unpaired) electrons. The Hall–Kier alpha value is -2.69. The first-order valence-electron chi connectivity index (χ1n) is 9.61. The molecule has 0 bridgehead atoms. The fourth-order valence-corrected chi connectivity index (χ4v) is 4.20. The Kier molecular flexibility index (Phi) is 4.92. The number of anilines is 2. The molecule has 2 aromatic carbocycles. The molecule has 4 nitrogen and oxygen atoms in total. The van der Waals surface area contributed by atoms with Gasteiger partial charge in [0.25, 0.3) is 0 Å². The minimum Gasteiger partial charge on any atom is -0.298 e. The molecule has 0 unspecified atom stereocenters. The van der Waals surface area contributed by atoms with E-state index in [9.17, 15) is 14.0 Å². The Balaban J connectivity index is 1.56. The van der Waals surface area contributed by atoms with Crippen molar-refractivity contribution in [2.24, 2.45) is 0 Å². The Morgan fingerprint density at radius 1 is 0.963 bits per heavy atom. The highest BCUT2D eigenvalue weighted by Gasteiger charge is 2.32. The summed E-state index contributed by atoms with van der Waals surface area (Å²) in [6.45, 7) is 0.936. The van der Waals surface area contributed by atoms with Gasteiger partial charge < -0.3 is 0 Å². The summed E-state index contributed by atoms with van der Waals surface area (Å²) in [5, 5.41) is 0. The average Bonchev–Trinajstić information content (AvgIpc) is 3.10. The van der Waals surface area contributed by atoms with E-state index in [1.165, 1.54) is 60.8 Å². The van der Waals surface area contributed by atoms with Gasteiger partial charge >= 0.3 is 6.03 Å². The van der Waals surface area contributed by atoms with Gasteiger partial charge in [-0.2, -0.15) is 0 Å². The molecule has 2 aliphatic rings. The van der Waals surface area contributed by atoms with E-state index in [1.54, 1.807) is 4.90 Å². The molecule has 1 aliphatic carbocycles. The molecule has 0 aromatic heterocycles. The molecule has 140 valence electrons. The molecule has 0 N–H and O–H groups in total. The van der Waals surface area contributed by atoms with Crippen LogP contribution in [0.1, 0.15) is 53.9 Å². The van der Waals surface area contributed by atoms with Gasteiger partial charge in [-0.1, -0.05) is 31.4 Å². The quantitative estimate of drug-likeness (QED) is 0.704. The van der Waals surface area contributed by atoms with E-state index in [0.29, 0.717) is 25.3 Å². The van der Waals surface area contributed by atoms with Crippen LogP contribution in [0.2, 0.25) is 0 Å². The van der Waals surface area contributed by atoms with E-state index in [-0.39, 0.29) is 17.3 Å². The van der Waals surface area contributed by atoms with Gasteiger partial charge in [0.15, 0.2) is 0 Å². The first-order chi connectivity index (χ1) is 13.2. The summed E-state index contributed by atoms with van der Waals surface area (Å²) in [7, 11) is 0. The van der Waals surface area contributed by atoms with Crippen molar-refractivity contribution in [3.63, 3.8) is 0 Å². The van der Waals surface area contributed by atoms with Gasteiger partial charge in [0.05, 0.1) is 5.69 Å². The van der Waals surface area contributed by atoms with Gasteiger partial charge in [0, 0.05) is 24.3 Å². The second kappa shape index (κ2) is 7.51. The maximum Gasteiger partial charge on any atom is 0.329 e. The van der Waals surface area contributed by atoms with E-state index in [0.717, 1.165) is 5.69 Å². The van der Waals surface area contributed by atoms with Crippen LogP contribution in [-0.4, -0.2) is 25.4 Å². The number of hydrogen-bond donors (Lipinski definition) is 0. The van der Waals surface area contributed by atoms with Gasteiger partial charge in [-0.25, -0.2) is 9.18 Å². The highest BCUT2D eigenvalue weighted by Crippen LogP contribution is 2.35. The standard InChI is InChI=1S/C22H23FN2O2/c23-20-13-16(15-26)9-10-21(20)25-12-11-24(22(25)27)19-8-4-7-18(14-19)17-5-2-1-3-6-17/h4,7-10,13-15,17H,1-3,5-6,11-12H2. The normalized spacial score (nSPS) is 18.2. The zero-order valence-electron chi connectivity index (χ0n) is 15.2. The van der Waals surface area contributed by atoms with Gasteiger partial charge in [0.2, 0.25) is 0 Å². The summed E-state index contributed by atoms with van der Waals surface area (Å²) in [6, 6.07) is 12.2. The molecule has 2 aromatic rings. The Morgan fingerprint density at radius 3 is 2.48 bits per heavy atom. The summed E-state index contributed by atoms with van der Waals surface area (Å²) in [5.41, 5.74) is 2.65. The van der Waals surface area contributed by atoms with Crippen molar-refractivity contribution in [1.29, 1.82) is 0 Å². The molecule has 1 saturated heterocycles. The molecule has 1 heterocycles.